The smallest absolute Gasteiger partial charge is 0.0236 e. The van der Waals surface area contributed by atoms with Crippen molar-refractivity contribution >= 4 is 11.6 Å². The third-order valence-electron chi connectivity index (χ3n) is 3.12. The molecule has 0 spiro atoms. The van der Waals surface area contributed by atoms with Crippen molar-refractivity contribution in [3.63, 3.8) is 0 Å². The molecule has 1 aromatic rings. The summed E-state index contributed by atoms with van der Waals surface area (Å²) in [6.07, 6.45) is 3.11. The fourth-order valence-electron chi connectivity index (χ4n) is 2.28. The monoisotopic (exact) mass is 250 g/mol. The highest BCUT2D eigenvalue weighted by molar-refractivity contribution is 6.25. The maximum atomic E-state index is 5.56. The fourth-order valence-corrected chi connectivity index (χ4v) is 2.36. The highest BCUT2D eigenvalue weighted by Crippen LogP contribution is 2.07. The van der Waals surface area contributed by atoms with Gasteiger partial charge in [0.2, 0.25) is 0 Å². The largest absolute Gasteiger partial charge is 0.311 e. The Balaban J connectivity index is 1.85. The molecule has 1 N–H and O–H groups in total. The highest BCUT2D eigenvalue weighted by atomic mass is 35.5. The minimum atomic E-state index is 0.551. The van der Waals surface area contributed by atoms with Gasteiger partial charge in [0.15, 0.2) is 0 Å². The molecule has 0 aliphatic carbocycles. The summed E-state index contributed by atoms with van der Waals surface area (Å²) in [5.41, 5.74) is 3.01. The number of nitrogens with zero attached hydrogens (tertiary/aromatic N) is 1. The second-order valence-corrected chi connectivity index (χ2v) is 4.71. The lowest BCUT2D eigenvalue weighted by Crippen LogP contribution is -2.51. The Morgan fingerprint density at radius 3 is 2.94 bits per heavy atom. The van der Waals surface area contributed by atoms with E-state index >= 15 is 0 Å². The van der Waals surface area contributed by atoms with Gasteiger partial charge in [-0.2, -0.15) is 0 Å². The average Bonchev–Trinajstić information content (AvgIpc) is 2.38. The molecular formula is C14H19ClN2. The molecule has 1 aliphatic rings. The molecule has 3 heteroatoms. The quantitative estimate of drug-likeness (QED) is 0.882. The second-order valence-electron chi connectivity index (χ2n) is 4.46. The van der Waals surface area contributed by atoms with E-state index < -0.39 is 0 Å². The fraction of sp³-hybridized carbons (Fsp3) is 0.429. The maximum Gasteiger partial charge on any atom is 0.0236 e. The predicted octanol–water partition coefficient (Wildman–Crippen LogP) is 2.26. The third-order valence-corrected chi connectivity index (χ3v) is 3.30. The molecule has 2 rings (SSSR count). The van der Waals surface area contributed by atoms with Crippen molar-refractivity contribution in [2.75, 3.05) is 26.2 Å². The molecule has 1 atom stereocenters. The van der Waals surface area contributed by atoms with Crippen LogP contribution in [0.1, 0.15) is 5.56 Å². The van der Waals surface area contributed by atoms with E-state index in [0.29, 0.717) is 6.04 Å². The molecule has 0 aromatic heterocycles. The number of hydrogen-bond acceptors (Lipinski definition) is 2. The first-order valence-corrected chi connectivity index (χ1v) is 6.57. The van der Waals surface area contributed by atoms with Crippen molar-refractivity contribution in [2.24, 2.45) is 0 Å². The lowest BCUT2D eigenvalue weighted by atomic mass is 10.0. The van der Waals surface area contributed by atoms with Crippen molar-refractivity contribution in [3.05, 3.63) is 47.5 Å². The SMILES string of the molecule is Cl/C=C/CN1CCNC(Cc2ccccc2)C1. The zero-order valence-corrected chi connectivity index (χ0v) is 10.7. The second kappa shape index (κ2) is 6.80. The first-order chi connectivity index (χ1) is 8.38. The number of benzene rings is 1. The standard InChI is InChI=1S/C14H19ClN2/c15-7-4-9-17-10-8-16-14(12-17)11-13-5-2-1-3-6-13/h1-7,14,16H,8-12H2/b7-4+. The molecule has 2 nitrogen and oxygen atoms in total. The van der Waals surface area contributed by atoms with Crippen LogP contribution in [0, 0.1) is 0 Å². The molecule has 1 fully saturated rings. The van der Waals surface area contributed by atoms with Crippen molar-refractivity contribution in [3.8, 4) is 0 Å². The van der Waals surface area contributed by atoms with Crippen LogP contribution >= 0.6 is 11.6 Å². The average molecular weight is 251 g/mol. The first-order valence-electron chi connectivity index (χ1n) is 6.13. The zero-order valence-electron chi connectivity index (χ0n) is 9.98. The topological polar surface area (TPSA) is 15.3 Å². The molecule has 17 heavy (non-hydrogen) atoms. The summed E-state index contributed by atoms with van der Waals surface area (Å²) in [6.45, 7) is 4.22. The number of halogens is 1. The summed E-state index contributed by atoms with van der Waals surface area (Å²) in [5.74, 6) is 0. The van der Waals surface area contributed by atoms with Gasteiger partial charge in [0.25, 0.3) is 0 Å². The Morgan fingerprint density at radius 2 is 2.18 bits per heavy atom. The molecule has 1 aliphatic heterocycles. The molecule has 1 unspecified atom stereocenters. The minimum Gasteiger partial charge on any atom is -0.311 e. The zero-order chi connectivity index (χ0) is 11.9. The first kappa shape index (κ1) is 12.6. The van der Waals surface area contributed by atoms with E-state index in [1.807, 2.05) is 6.08 Å². The van der Waals surface area contributed by atoms with Crippen molar-refractivity contribution in [1.82, 2.24) is 10.2 Å². The molecule has 0 amide bonds. The normalized spacial score (nSPS) is 22.1. The number of piperazine rings is 1. The summed E-state index contributed by atoms with van der Waals surface area (Å²) in [5, 5.41) is 3.58. The van der Waals surface area contributed by atoms with Gasteiger partial charge in [0.05, 0.1) is 0 Å². The Bertz CT molecular complexity index is 350. The Hall–Kier alpha value is -0.830. The van der Waals surface area contributed by atoms with Gasteiger partial charge >= 0.3 is 0 Å². The summed E-state index contributed by atoms with van der Waals surface area (Å²) in [7, 11) is 0. The summed E-state index contributed by atoms with van der Waals surface area (Å²) in [6, 6.07) is 11.2. The molecule has 0 radical (unpaired) electrons. The van der Waals surface area contributed by atoms with Gasteiger partial charge in [0.1, 0.15) is 0 Å². The Kier molecular flexibility index (Phi) is 5.05. The van der Waals surface area contributed by atoms with Crippen molar-refractivity contribution < 1.29 is 0 Å². The van der Waals surface area contributed by atoms with Gasteiger partial charge < -0.3 is 5.32 Å². The van der Waals surface area contributed by atoms with Gasteiger partial charge in [0, 0.05) is 37.8 Å². The van der Waals surface area contributed by atoms with Crippen LogP contribution in [0.5, 0.6) is 0 Å². The van der Waals surface area contributed by atoms with E-state index in [4.69, 9.17) is 11.6 Å². The van der Waals surface area contributed by atoms with Gasteiger partial charge in [-0.1, -0.05) is 48.0 Å². The molecule has 0 saturated carbocycles. The third kappa shape index (κ3) is 4.15. The van der Waals surface area contributed by atoms with E-state index in [1.54, 1.807) is 5.54 Å². The van der Waals surface area contributed by atoms with Gasteiger partial charge in [-0.05, 0) is 12.0 Å². The van der Waals surface area contributed by atoms with Crippen LogP contribution < -0.4 is 5.32 Å². The molecular weight excluding hydrogens is 232 g/mol. The lowest BCUT2D eigenvalue weighted by Gasteiger charge is -2.33. The molecule has 1 aromatic carbocycles. The molecule has 92 valence electrons. The van der Waals surface area contributed by atoms with Crippen LogP contribution in [0.25, 0.3) is 0 Å². The summed E-state index contributed by atoms with van der Waals surface area (Å²) < 4.78 is 0. The minimum absolute atomic E-state index is 0.551. The van der Waals surface area contributed by atoms with Crippen LogP contribution in [0.4, 0.5) is 0 Å². The molecule has 0 bridgehead atoms. The number of rotatable bonds is 4. The highest BCUT2D eigenvalue weighted by Gasteiger charge is 2.18. The molecule has 1 saturated heterocycles. The summed E-state index contributed by atoms with van der Waals surface area (Å²) >= 11 is 5.56. The van der Waals surface area contributed by atoms with Crippen LogP contribution in [-0.4, -0.2) is 37.1 Å². The van der Waals surface area contributed by atoms with E-state index in [-0.39, 0.29) is 0 Å². The Labute approximate surface area is 108 Å². The summed E-state index contributed by atoms with van der Waals surface area (Å²) in [4.78, 5) is 2.43. The lowest BCUT2D eigenvalue weighted by molar-refractivity contribution is 0.217. The van der Waals surface area contributed by atoms with E-state index in [1.165, 1.54) is 5.56 Å². The van der Waals surface area contributed by atoms with Crippen LogP contribution in [-0.2, 0) is 6.42 Å². The van der Waals surface area contributed by atoms with Gasteiger partial charge in [-0.15, -0.1) is 0 Å². The van der Waals surface area contributed by atoms with Crippen LogP contribution in [0.2, 0.25) is 0 Å². The number of hydrogen-bond donors (Lipinski definition) is 1. The maximum absolute atomic E-state index is 5.56. The van der Waals surface area contributed by atoms with Crippen molar-refractivity contribution in [2.45, 2.75) is 12.5 Å². The van der Waals surface area contributed by atoms with E-state index in [9.17, 15) is 0 Å². The van der Waals surface area contributed by atoms with Gasteiger partial charge in [-0.25, -0.2) is 0 Å². The molecule has 1 heterocycles. The van der Waals surface area contributed by atoms with Crippen LogP contribution in [0.3, 0.4) is 0 Å². The van der Waals surface area contributed by atoms with E-state index in [2.05, 4.69) is 40.5 Å². The van der Waals surface area contributed by atoms with E-state index in [0.717, 1.165) is 32.6 Å². The van der Waals surface area contributed by atoms with Gasteiger partial charge in [-0.3, -0.25) is 4.90 Å². The Morgan fingerprint density at radius 1 is 1.35 bits per heavy atom. The predicted molar refractivity (Wildman–Crippen MR) is 73.4 cm³/mol. The number of nitrogens with one attached hydrogen (secondary N) is 1. The van der Waals surface area contributed by atoms with Crippen molar-refractivity contribution in [1.29, 1.82) is 0 Å². The van der Waals surface area contributed by atoms with Crippen LogP contribution in [0.15, 0.2) is 41.9 Å².